The van der Waals surface area contributed by atoms with Crippen molar-refractivity contribution in [3.8, 4) is 0 Å². The lowest BCUT2D eigenvalue weighted by Gasteiger charge is -2.36. The molecular formula is C12H12Br2ClNOS. The summed E-state index contributed by atoms with van der Waals surface area (Å²) in [5.74, 6) is 0.169. The maximum absolute atomic E-state index is 12.6. The van der Waals surface area contributed by atoms with Gasteiger partial charge in [0.15, 0.2) is 0 Å². The third kappa shape index (κ3) is 2.28. The lowest BCUT2D eigenvalue weighted by atomic mass is 10.0. The number of thiophene rings is 1. The third-order valence-electron chi connectivity index (χ3n) is 3.77. The van der Waals surface area contributed by atoms with E-state index in [9.17, 15) is 4.79 Å². The predicted molar refractivity (Wildman–Crippen MR) is 81.6 cm³/mol. The van der Waals surface area contributed by atoms with Gasteiger partial charge in [0.05, 0.1) is 8.66 Å². The number of rotatable bonds is 1. The molecule has 6 heteroatoms. The van der Waals surface area contributed by atoms with E-state index < -0.39 is 0 Å². The Hall–Kier alpha value is 0.420. The summed E-state index contributed by atoms with van der Waals surface area (Å²) in [4.78, 5) is 15.5. The number of hydrogen-bond donors (Lipinski definition) is 0. The molecule has 2 aliphatic heterocycles. The highest BCUT2D eigenvalue weighted by Crippen LogP contribution is 2.40. The molecule has 1 aromatic heterocycles. The fourth-order valence-electron chi connectivity index (χ4n) is 3.02. The minimum absolute atomic E-state index is 0.169. The number of alkyl halides is 1. The van der Waals surface area contributed by atoms with Gasteiger partial charge in [-0.2, -0.15) is 0 Å². The molecule has 2 fully saturated rings. The molecule has 2 saturated heterocycles. The second kappa shape index (κ2) is 5.08. The van der Waals surface area contributed by atoms with Crippen LogP contribution in [0.25, 0.3) is 0 Å². The van der Waals surface area contributed by atoms with Crippen molar-refractivity contribution in [3.05, 3.63) is 19.2 Å². The van der Waals surface area contributed by atoms with Crippen LogP contribution in [0.3, 0.4) is 0 Å². The van der Waals surface area contributed by atoms with Crippen molar-refractivity contribution in [2.45, 2.75) is 43.1 Å². The average Bonchev–Trinajstić information content (AvgIpc) is 2.78. The van der Waals surface area contributed by atoms with Crippen molar-refractivity contribution in [3.63, 3.8) is 0 Å². The summed E-state index contributed by atoms with van der Waals surface area (Å²) in [6, 6.07) is 2.60. The van der Waals surface area contributed by atoms with E-state index in [1.165, 1.54) is 11.3 Å². The number of amides is 1. The molecule has 2 nitrogen and oxygen atoms in total. The van der Waals surface area contributed by atoms with Crippen LogP contribution in [0.4, 0.5) is 0 Å². The van der Waals surface area contributed by atoms with Crippen LogP contribution in [0, 0.1) is 0 Å². The summed E-state index contributed by atoms with van der Waals surface area (Å²) < 4.78 is 1.93. The molecule has 2 atom stereocenters. The van der Waals surface area contributed by atoms with Crippen LogP contribution in [0.15, 0.2) is 14.3 Å². The summed E-state index contributed by atoms with van der Waals surface area (Å²) in [5, 5.41) is 0.244. The zero-order valence-electron chi connectivity index (χ0n) is 9.54. The van der Waals surface area contributed by atoms with E-state index in [1.54, 1.807) is 0 Å². The van der Waals surface area contributed by atoms with Crippen LogP contribution in [-0.4, -0.2) is 28.3 Å². The molecule has 1 aromatic rings. The van der Waals surface area contributed by atoms with Gasteiger partial charge in [-0.05, 0) is 63.6 Å². The van der Waals surface area contributed by atoms with Crippen molar-refractivity contribution in [2.24, 2.45) is 0 Å². The molecule has 2 aliphatic rings. The van der Waals surface area contributed by atoms with Gasteiger partial charge in [-0.1, -0.05) is 0 Å². The zero-order chi connectivity index (χ0) is 12.9. The number of hydrogen-bond acceptors (Lipinski definition) is 2. The molecule has 0 spiro atoms. The number of fused-ring (bicyclic) bond motifs is 2. The Morgan fingerprint density at radius 3 is 2.44 bits per heavy atom. The Labute approximate surface area is 132 Å². The van der Waals surface area contributed by atoms with E-state index in [2.05, 4.69) is 36.8 Å². The molecule has 3 heterocycles. The highest BCUT2D eigenvalue weighted by molar-refractivity contribution is 9.13. The second-order valence-corrected chi connectivity index (χ2v) is 8.74. The minimum atomic E-state index is 0.169. The Morgan fingerprint density at radius 2 is 1.94 bits per heavy atom. The maximum Gasteiger partial charge on any atom is 0.264 e. The number of carbonyl (C=O) groups is 1. The fraction of sp³-hybridized carbons (Fsp3) is 0.583. The topological polar surface area (TPSA) is 20.3 Å². The molecule has 0 N–H and O–H groups in total. The van der Waals surface area contributed by atoms with Crippen molar-refractivity contribution in [1.29, 1.82) is 0 Å². The molecule has 18 heavy (non-hydrogen) atoms. The number of halogens is 3. The summed E-state index contributed by atoms with van der Waals surface area (Å²) in [6.45, 7) is 0. The first-order chi connectivity index (χ1) is 8.56. The molecule has 0 aliphatic carbocycles. The number of piperidine rings is 1. The first-order valence-corrected chi connectivity index (χ1v) is 8.81. The number of carbonyl (C=O) groups excluding carboxylic acids is 1. The lowest BCUT2D eigenvalue weighted by molar-refractivity contribution is 0.0604. The van der Waals surface area contributed by atoms with Gasteiger partial charge < -0.3 is 4.90 Å². The molecule has 2 unspecified atom stereocenters. The van der Waals surface area contributed by atoms with Crippen molar-refractivity contribution >= 4 is 60.7 Å². The molecule has 0 saturated carbocycles. The molecule has 0 aromatic carbocycles. The Balaban J connectivity index is 1.85. The van der Waals surface area contributed by atoms with Crippen LogP contribution in [-0.2, 0) is 0 Å². The van der Waals surface area contributed by atoms with Crippen LogP contribution in [0.2, 0.25) is 0 Å². The van der Waals surface area contributed by atoms with Crippen LogP contribution < -0.4 is 0 Å². The monoisotopic (exact) mass is 411 g/mol. The summed E-state index contributed by atoms with van der Waals surface area (Å²) in [5.41, 5.74) is 0. The molecular weight excluding hydrogens is 401 g/mol. The van der Waals surface area contributed by atoms with E-state index in [4.69, 9.17) is 11.6 Å². The first-order valence-electron chi connectivity index (χ1n) is 5.98. The second-order valence-electron chi connectivity index (χ2n) is 4.90. The number of nitrogens with zero attached hydrogens (tertiary/aromatic N) is 1. The molecule has 3 rings (SSSR count). The van der Waals surface area contributed by atoms with Gasteiger partial charge in [-0.3, -0.25) is 4.79 Å². The summed E-state index contributed by atoms with van der Waals surface area (Å²) >= 11 is 14.6. The molecule has 1 amide bonds. The highest BCUT2D eigenvalue weighted by atomic mass is 79.9. The normalized spacial score (nSPS) is 30.8. The van der Waals surface area contributed by atoms with Gasteiger partial charge in [-0.15, -0.1) is 22.9 Å². The van der Waals surface area contributed by atoms with Gasteiger partial charge in [0.25, 0.3) is 5.91 Å². The van der Waals surface area contributed by atoms with Gasteiger partial charge in [0, 0.05) is 21.9 Å². The van der Waals surface area contributed by atoms with Gasteiger partial charge in [0.1, 0.15) is 0 Å². The van der Waals surface area contributed by atoms with Crippen LogP contribution in [0.1, 0.15) is 35.4 Å². The Kier molecular flexibility index (Phi) is 3.78. The van der Waals surface area contributed by atoms with E-state index in [0.29, 0.717) is 12.1 Å². The molecule has 0 radical (unpaired) electrons. The minimum Gasteiger partial charge on any atom is -0.332 e. The SMILES string of the molecule is O=C(c1cc(Br)c(Br)s1)N1C2CCC1CC(Cl)C2. The molecule has 2 bridgehead atoms. The fourth-order valence-corrected chi connectivity index (χ4v) is 5.41. The quantitative estimate of drug-likeness (QED) is 0.614. The first kappa shape index (κ1) is 13.4. The third-order valence-corrected chi connectivity index (χ3v) is 7.37. The summed E-state index contributed by atoms with van der Waals surface area (Å²) in [7, 11) is 0. The zero-order valence-corrected chi connectivity index (χ0v) is 14.3. The van der Waals surface area contributed by atoms with Crippen molar-refractivity contribution in [2.75, 3.05) is 0 Å². The van der Waals surface area contributed by atoms with Crippen LogP contribution >= 0.6 is 54.8 Å². The van der Waals surface area contributed by atoms with Gasteiger partial charge >= 0.3 is 0 Å². The average molecular weight is 414 g/mol. The summed E-state index contributed by atoms with van der Waals surface area (Å²) in [6.07, 6.45) is 4.09. The van der Waals surface area contributed by atoms with Crippen LogP contribution in [0.5, 0.6) is 0 Å². The van der Waals surface area contributed by atoms with E-state index in [-0.39, 0.29) is 11.3 Å². The Morgan fingerprint density at radius 1 is 1.33 bits per heavy atom. The smallest absolute Gasteiger partial charge is 0.264 e. The maximum atomic E-state index is 12.6. The van der Waals surface area contributed by atoms with Crippen molar-refractivity contribution in [1.82, 2.24) is 4.90 Å². The standard InChI is InChI=1S/C12H12Br2ClNOS/c13-9-5-10(18-11(9)14)12(17)16-7-1-2-8(16)4-6(15)3-7/h5-8H,1-4H2. The lowest BCUT2D eigenvalue weighted by Crippen LogP contribution is -2.46. The van der Waals surface area contributed by atoms with Gasteiger partial charge in [-0.25, -0.2) is 0 Å². The largest absolute Gasteiger partial charge is 0.332 e. The Bertz CT molecular complexity index is 459. The highest BCUT2D eigenvalue weighted by Gasteiger charge is 2.43. The predicted octanol–water partition coefficient (Wildman–Crippen LogP) is 4.65. The van der Waals surface area contributed by atoms with Gasteiger partial charge in [0.2, 0.25) is 0 Å². The molecule has 98 valence electrons. The van der Waals surface area contributed by atoms with E-state index >= 15 is 0 Å². The van der Waals surface area contributed by atoms with E-state index in [1.807, 2.05) is 6.07 Å². The van der Waals surface area contributed by atoms with E-state index in [0.717, 1.165) is 38.8 Å². The van der Waals surface area contributed by atoms with Crippen molar-refractivity contribution < 1.29 is 4.79 Å².